The van der Waals surface area contributed by atoms with Gasteiger partial charge < -0.3 is 14.6 Å². The standard InChI is InChI=1S/C19H23F5O4.C4H12Si/c1-16(7-27-18(26,17(16,20)21)19(22,23)24)28-15(25)12-6-10-5-11(12)14-9-3-2-8(4-9)13(10)14;1-5(2,3)4/h8-14,26H,2-7H2,1H3;1-4H3. The van der Waals surface area contributed by atoms with Gasteiger partial charge in [-0.05, 0) is 74.5 Å². The second-order valence-electron chi connectivity index (χ2n) is 12.6. The van der Waals surface area contributed by atoms with Gasteiger partial charge in [-0.2, -0.15) is 22.0 Å². The van der Waals surface area contributed by atoms with Gasteiger partial charge in [0.05, 0.1) is 12.5 Å². The van der Waals surface area contributed by atoms with Crippen molar-refractivity contribution in [3.63, 3.8) is 0 Å². The first-order valence-corrected chi connectivity index (χ1v) is 15.9. The third kappa shape index (κ3) is 3.86. The van der Waals surface area contributed by atoms with Crippen LogP contribution in [-0.4, -0.2) is 49.2 Å². The van der Waals surface area contributed by atoms with Crippen LogP contribution >= 0.6 is 0 Å². The van der Waals surface area contributed by atoms with Gasteiger partial charge in [0.2, 0.25) is 5.60 Å². The molecule has 190 valence electrons. The van der Waals surface area contributed by atoms with Gasteiger partial charge in [0.25, 0.3) is 0 Å². The zero-order chi connectivity index (χ0) is 24.8. The van der Waals surface area contributed by atoms with E-state index in [1.54, 1.807) is 0 Å². The lowest BCUT2D eigenvalue weighted by molar-refractivity contribution is -0.409. The van der Waals surface area contributed by atoms with Crippen molar-refractivity contribution in [2.24, 2.45) is 41.4 Å². The number of hydrogen-bond acceptors (Lipinski definition) is 4. The van der Waals surface area contributed by atoms with Crippen molar-refractivity contribution < 1.29 is 41.3 Å². The molecule has 4 saturated carbocycles. The van der Waals surface area contributed by atoms with Crippen molar-refractivity contribution in [2.45, 2.75) is 88.7 Å². The van der Waals surface area contributed by atoms with Crippen LogP contribution in [0.2, 0.25) is 26.2 Å². The van der Waals surface area contributed by atoms with Crippen LogP contribution in [0.3, 0.4) is 0 Å². The largest absolute Gasteiger partial charge is 0.450 e. The highest BCUT2D eigenvalue weighted by atomic mass is 28.3. The van der Waals surface area contributed by atoms with Crippen molar-refractivity contribution in [2.75, 3.05) is 6.61 Å². The second kappa shape index (κ2) is 7.63. The van der Waals surface area contributed by atoms with Crippen LogP contribution in [-0.2, 0) is 14.3 Å². The zero-order valence-electron chi connectivity index (χ0n) is 19.8. The predicted molar refractivity (Wildman–Crippen MR) is 113 cm³/mol. The number of hydrogen-bond donors (Lipinski definition) is 1. The van der Waals surface area contributed by atoms with Crippen molar-refractivity contribution in [3.8, 4) is 0 Å². The summed E-state index contributed by atoms with van der Waals surface area (Å²) in [5.74, 6) is -8.19. The maximum Gasteiger partial charge on any atom is 0.449 e. The number of ether oxygens (including phenoxy) is 2. The quantitative estimate of drug-likeness (QED) is 0.237. The highest BCUT2D eigenvalue weighted by Crippen LogP contribution is 2.69. The molecule has 0 radical (unpaired) electrons. The average molecular weight is 499 g/mol. The molecule has 0 amide bonds. The number of alkyl halides is 5. The first-order chi connectivity index (χ1) is 14.9. The van der Waals surface area contributed by atoms with Gasteiger partial charge in [-0.1, -0.05) is 26.2 Å². The van der Waals surface area contributed by atoms with E-state index in [-0.39, 0.29) is 5.92 Å². The van der Waals surface area contributed by atoms with Gasteiger partial charge in [0.1, 0.15) is 0 Å². The molecule has 5 aliphatic rings. The van der Waals surface area contributed by atoms with E-state index in [9.17, 15) is 31.9 Å². The van der Waals surface area contributed by atoms with E-state index in [0.29, 0.717) is 42.9 Å². The molecule has 5 fully saturated rings. The van der Waals surface area contributed by atoms with Crippen LogP contribution in [0.15, 0.2) is 0 Å². The summed E-state index contributed by atoms with van der Waals surface area (Å²) in [7, 11) is -0.611. The first kappa shape index (κ1) is 25.4. The molecule has 5 rings (SSSR count). The van der Waals surface area contributed by atoms with E-state index in [1.165, 1.54) is 12.8 Å². The van der Waals surface area contributed by atoms with Crippen molar-refractivity contribution in [1.82, 2.24) is 0 Å². The van der Waals surface area contributed by atoms with Gasteiger partial charge in [-0.15, -0.1) is 0 Å². The minimum atomic E-state index is -5.72. The Morgan fingerprint density at radius 1 is 1.00 bits per heavy atom. The molecule has 1 aliphatic heterocycles. The van der Waals surface area contributed by atoms with Crippen LogP contribution in [0.1, 0.15) is 39.0 Å². The van der Waals surface area contributed by atoms with E-state index < -0.39 is 50.1 Å². The molecule has 33 heavy (non-hydrogen) atoms. The highest BCUT2D eigenvalue weighted by molar-refractivity contribution is 6.74. The fourth-order valence-electron chi connectivity index (χ4n) is 7.27. The van der Waals surface area contributed by atoms with Crippen LogP contribution in [0.4, 0.5) is 22.0 Å². The van der Waals surface area contributed by atoms with Crippen LogP contribution in [0, 0.1) is 41.4 Å². The van der Waals surface area contributed by atoms with Crippen LogP contribution in [0.25, 0.3) is 0 Å². The molecule has 0 aromatic rings. The molecule has 1 saturated heterocycles. The topological polar surface area (TPSA) is 55.8 Å². The fourth-order valence-corrected chi connectivity index (χ4v) is 7.27. The van der Waals surface area contributed by atoms with E-state index >= 15 is 0 Å². The molecule has 9 unspecified atom stereocenters. The zero-order valence-corrected chi connectivity index (χ0v) is 20.8. The Morgan fingerprint density at radius 2 is 1.55 bits per heavy atom. The summed E-state index contributed by atoms with van der Waals surface area (Å²) in [5.41, 5.74) is -2.87. The third-order valence-electron chi connectivity index (χ3n) is 8.39. The molecule has 1 N–H and O–H groups in total. The molecule has 10 heteroatoms. The first-order valence-electron chi connectivity index (χ1n) is 11.9. The van der Waals surface area contributed by atoms with Gasteiger partial charge >= 0.3 is 23.9 Å². The van der Waals surface area contributed by atoms with Crippen LogP contribution in [0.5, 0.6) is 0 Å². The lowest BCUT2D eigenvalue weighted by Gasteiger charge is -2.39. The molecule has 0 aromatic heterocycles. The predicted octanol–water partition coefficient (Wildman–Crippen LogP) is 5.48. The normalized spacial score (nSPS) is 47.3. The van der Waals surface area contributed by atoms with Crippen molar-refractivity contribution in [1.29, 1.82) is 0 Å². The van der Waals surface area contributed by atoms with Crippen molar-refractivity contribution >= 4 is 14.0 Å². The summed E-state index contributed by atoms with van der Waals surface area (Å²) in [4.78, 5) is 12.8. The van der Waals surface area contributed by atoms with E-state index in [0.717, 1.165) is 12.8 Å². The molecular weight excluding hydrogens is 463 g/mol. The summed E-state index contributed by atoms with van der Waals surface area (Å²) in [6, 6.07) is 0. The Morgan fingerprint density at radius 3 is 2.06 bits per heavy atom. The Balaban J connectivity index is 0.000000471. The maximum absolute atomic E-state index is 14.5. The maximum atomic E-state index is 14.5. The van der Waals surface area contributed by atoms with Gasteiger partial charge in [-0.25, -0.2) is 0 Å². The molecule has 1 heterocycles. The fraction of sp³-hybridized carbons (Fsp3) is 0.957. The summed E-state index contributed by atoms with van der Waals surface area (Å²) in [6.45, 7) is 8.78. The van der Waals surface area contributed by atoms with E-state index in [1.807, 2.05) is 0 Å². The molecule has 4 bridgehead atoms. The number of carbonyl (C=O) groups is 1. The summed E-state index contributed by atoms with van der Waals surface area (Å²) >= 11 is 0. The highest BCUT2D eigenvalue weighted by Gasteiger charge is 2.83. The Hall–Kier alpha value is -0.743. The van der Waals surface area contributed by atoms with Gasteiger partial charge in [-0.3, -0.25) is 4.79 Å². The number of fused-ring (bicyclic) bond motifs is 9. The van der Waals surface area contributed by atoms with E-state index in [4.69, 9.17) is 4.74 Å². The number of esters is 1. The van der Waals surface area contributed by atoms with Crippen LogP contribution < -0.4 is 0 Å². The Bertz CT molecular complexity index is 793. The molecule has 4 aliphatic carbocycles. The van der Waals surface area contributed by atoms with E-state index in [2.05, 4.69) is 30.9 Å². The van der Waals surface area contributed by atoms with Crippen molar-refractivity contribution in [3.05, 3.63) is 0 Å². The minimum absolute atomic E-state index is 0.0684. The monoisotopic (exact) mass is 498 g/mol. The molecule has 0 spiro atoms. The lowest BCUT2D eigenvalue weighted by Crippen LogP contribution is -2.63. The second-order valence-corrected chi connectivity index (χ2v) is 18.6. The Kier molecular flexibility index (Phi) is 5.86. The molecule has 0 aromatic carbocycles. The molecule has 4 nitrogen and oxygen atoms in total. The Labute approximate surface area is 192 Å². The summed E-state index contributed by atoms with van der Waals surface area (Å²) in [6.07, 6.45) is -0.755. The third-order valence-corrected chi connectivity index (χ3v) is 8.39. The number of aliphatic hydroxyl groups is 1. The number of halogens is 5. The summed E-state index contributed by atoms with van der Waals surface area (Å²) in [5, 5.41) is 9.48. The van der Waals surface area contributed by atoms with Gasteiger partial charge in [0.15, 0.2) is 0 Å². The molecular formula is C23H35F5O4Si. The summed E-state index contributed by atoms with van der Waals surface area (Å²) < 4.78 is 77.1. The van der Waals surface area contributed by atoms with Gasteiger partial charge in [0, 0.05) is 8.07 Å². The SMILES string of the molecule is CC1(OC(=O)C2CC3CC2C2C4CCC(C4)C32)COC(O)(C(F)(F)F)C1(F)F.C[Si](C)(C)C. The minimum Gasteiger partial charge on any atom is -0.450 e. The number of rotatable bonds is 2. The average Bonchev–Trinajstić information content (AvgIpc) is 3.43. The lowest BCUT2D eigenvalue weighted by atomic mass is 9.67. The smallest absolute Gasteiger partial charge is 0.449 e. The molecule has 9 atom stereocenters. The number of carbonyl (C=O) groups excluding carboxylic acids is 1.